The molecule has 0 saturated heterocycles. The maximum Gasteiger partial charge on any atom is 0.187 e. The number of nitrogens with two attached hydrogens (primary N) is 1. The number of nitrogens with one attached hydrogen (secondary N) is 1. The molecule has 2 rings (SSSR count). The zero-order valence-electron chi connectivity index (χ0n) is 7.99. The van der Waals surface area contributed by atoms with Crippen molar-refractivity contribution in [2.75, 3.05) is 5.43 Å². The number of thiophene rings is 1. The van der Waals surface area contributed by atoms with E-state index in [1.165, 1.54) is 11.3 Å². The van der Waals surface area contributed by atoms with Crippen molar-refractivity contribution in [1.82, 2.24) is 9.97 Å². The van der Waals surface area contributed by atoms with Crippen LogP contribution < -0.4 is 11.3 Å². The summed E-state index contributed by atoms with van der Waals surface area (Å²) in [5, 5.41) is 3.81. The van der Waals surface area contributed by atoms with Crippen molar-refractivity contribution in [3.8, 4) is 11.4 Å². The van der Waals surface area contributed by atoms with Crippen molar-refractivity contribution in [3.05, 3.63) is 28.3 Å². The maximum absolute atomic E-state index is 13.4. The van der Waals surface area contributed by atoms with Crippen molar-refractivity contribution in [2.24, 2.45) is 5.84 Å². The molecule has 2 heterocycles. The highest BCUT2D eigenvalue weighted by Crippen LogP contribution is 2.22. The van der Waals surface area contributed by atoms with Gasteiger partial charge in [-0.2, -0.15) is 11.3 Å². The van der Waals surface area contributed by atoms with Gasteiger partial charge in [-0.3, -0.25) is 0 Å². The molecule has 78 valence electrons. The molecular formula is C9H9FN4S. The SMILES string of the molecule is Cc1nc(-c2ccsc2)nc(NN)c1F. The summed E-state index contributed by atoms with van der Waals surface area (Å²) in [5.74, 6) is 5.14. The highest BCUT2D eigenvalue weighted by molar-refractivity contribution is 7.08. The predicted molar refractivity (Wildman–Crippen MR) is 57.9 cm³/mol. The Balaban J connectivity index is 2.55. The molecule has 0 aliphatic rings. The summed E-state index contributed by atoms with van der Waals surface area (Å²) in [7, 11) is 0. The monoisotopic (exact) mass is 224 g/mol. The first-order chi connectivity index (χ1) is 7.22. The predicted octanol–water partition coefficient (Wildman–Crippen LogP) is 1.94. The van der Waals surface area contributed by atoms with Crippen LogP contribution >= 0.6 is 11.3 Å². The molecular weight excluding hydrogens is 215 g/mol. The van der Waals surface area contributed by atoms with Crippen LogP contribution in [-0.4, -0.2) is 9.97 Å². The molecule has 4 nitrogen and oxygen atoms in total. The van der Waals surface area contributed by atoms with Gasteiger partial charge in [-0.1, -0.05) is 0 Å². The molecule has 15 heavy (non-hydrogen) atoms. The van der Waals surface area contributed by atoms with Crippen LogP contribution in [0.3, 0.4) is 0 Å². The van der Waals surface area contributed by atoms with E-state index in [0.29, 0.717) is 5.82 Å². The molecule has 2 aromatic rings. The van der Waals surface area contributed by atoms with E-state index in [-0.39, 0.29) is 11.5 Å². The van der Waals surface area contributed by atoms with Crippen LogP contribution in [0.4, 0.5) is 10.2 Å². The lowest BCUT2D eigenvalue weighted by atomic mass is 10.3. The lowest BCUT2D eigenvalue weighted by molar-refractivity contribution is 0.606. The molecule has 6 heteroatoms. The Morgan fingerprint density at radius 1 is 1.47 bits per heavy atom. The van der Waals surface area contributed by atoms with E-state index in [9.17, 15) is 4.39 Å². The molecule has 2 aromatic heterocycles. The van der Waals surface area contributed by atoms with Gasteiger partial charge in [0, 0.05) is 10.9 Å². The third kappa shape index (κ3) is 1.81. The van der Waals surface area contributed by atoms with Gasteiger partial charge in [-0.25, -0.2) is 20.2 Å². The number of aryl methyl sites for hydroxylation is 1. The second-order valence-corrected chi connectivity index (χ2v) is 3.73. The Kier molecular flexibility index (Phi) is 2.61. The zero-order valence-corrected chi connectivity index (χ0v) is 8.81. The van der Waals surface area contributed by atoms with Gasteiger partial charge in [0.2, 0.25) is 0 Å². The third-order valence-corrected chi connectivity index (χ3v) is 2.62. The molecule has 3 N–H and O–H groups in total. The van der Waals surface area contributed by atoms with Crippen LogP contribution in [0, 0.1) is 12.7 Å². The van der Waals surface area contributed by atoms with Crippen LogP contribution in [0.25, 0.3) is 11.4 Å². The van der Waals surface area contributed by atoms with Crippen molar-refractivity contribution in [1.29, 1.82) is 0 Å². The second-order valence-electron chi connectivity index (χ2n) is 2.95. The number of rotatable bonds is 2. The van der Waals surface area contributed by atoms with Gasteiger partial charge in [0.1, 0.15) is 0 Å². The minimum Gasteiger partial charge on any atom is -0.306 e. The summed E-state index contributed by atoms with van der Waals surface area (Å²) in [6, 6.07) is 1.87. The van der Waals surface area contributed by atoms with Gasteiger partial charge >= 0.3 is 0 Å². The topological polar surface area (TPSA) is 63.8 Å². The molecule has 0 aromatic carbocycles. The Morgan fingerprint density at radius 3 is 2.87 bits per heavy atom. The highest BCUT2D eigenvalue weighted by Gasteiger charge is 2.11. The van der Waals surface area contributed by atoms with E-state index in [0.717, 1.165) is 5.56 Å². The molecule has 0 radical (unpaired) electrons. The standard InChI is InChI=1S/C9H9FN4S/c1-5-7(10)9(14-11)13-8(12-5)6-2-3-15-4-6/h2-4H,11H2,1H3,(H,12,13,14). The first kappa shape index (κ1) is 10.0. The van der Waals surface area contributed by atoms with E-state index >= 15 is 0 Å². The molecule has 0 spiro atoms. The number of aromatic nitrogens is 2. The smallest absolute Gasteiger partial charge is 0.187 e. The van der Waals surface area contributed by atoms with E-state index in [4.69, 9.17) is 5.84 Å². The van der Waals surface area contributed by atoms with Crippen LogP contribution in [0.15, 0.2) is 16.8 Å². The molecule has 0 bridgehead atoms. The first-order valence-corrected chi connectivity index (χ1v) is 5.20. The van der Waals surface area contributed by atoms with Crippen LogP contribution in [0.5, 0.6) is 0 Å². The molecule has 0 atom stereocenters. The molecule has 0 aliphatic carbocycles. The summed E-state index contributed by atoms with van der Waals surface area (Å²) in [4.78, 5) is 8.03. The first-order valence-electron chi connectivity index (χ1n) is 4.25. The normalized spacial score (nSPS) is 10.3. The third-order valence-electron chi connectivity index (χ3n) is 1.93. The molecule has 0 amide bonds. The zero-order chi connectivity index (χ0) is 10.8. The fraction of sp³-hybridized carbons (Fsp3) is 0.111. The average Bonchev–Trinajstić information content (AvgIpc) is 2.75. The number of nitrogens with zero attached hydrogens (tertiary/aromatic N) is 2. The maximum atomic E-state index is 13.4. The lowest BCUT2D eigenvalue weighted by Gasteiger charge is -2.05. The van der Waals surface area contributed by atoms with Crippen LogP contribution in [-0.2, 0) is 0 Å². The van der Waals surface area contributed by atoms with Gasteiger partial charge < -0.3 is 5.43 Å². The average molecular weight is 224 g/mol. The lowest BCUT2D eigenvalue weighted by Crippen LogP contribution is -2.12. The Bertz CT molecular complexity index is 469. The summed E-state index contributed by atoms with van der Waals surface area (Å²) in [6.07, 6.45) is 0. The molecule has 0 fully saturated rings. The van der Waals surface area contributed by atoms with E-state index in [1.807, 2.05) is 16.8 Å². The van der Waals surface area contributed by atoms with Crippen LogP contribution in [0.1, 0.15) is 5.69 Å². The summed E-state index contributed by atoms with van der Waals surface area (Å²) < 4.78 is 13.4. The van der Waals surface area contributed by atoms with Crippen molar-refractivity contribution >= 4 is 17.2 Å². The largest absolute Gasteiger partial charge is 0.306 e. The fourth-order valence-electron chi connectivity index (χ4n) is 1.18. The Labute approximate surface area is 90.0 Å². The Morgan fingerprint density at radius 2 is 2.27 bits per heavy atom. The summed E-state index contributed by atoms with van der Waals surface area (Å²) in [5.41, 5.74) is 3.35. The van der Waals surface area contributed by atoms with Gasteiger partial charge in [0.25, 0.3) is 0 Å². The van der Waals surface area contributed by atoms with Gasteiger partial charge in [-0.05, 0) is 18.4 Å². The summed E-state index contributed by atoms with van der Waals surface area (Å²) >= 11 is 1.53. The van der Waals surface area contributed by atoms with E-state index in [1.54, 1.807) is 6.92 Å². The van der Waals surface area contributed by atoms with Gasteiger partial charge in [-0.15, -0.1) is 0 Å². The quantitative estimate of drug-likeness (QED) is 0.604. The number of anilines is 1. The van der Waals surface area contributed by atoms with Crippen LogP contribution in [0.2, 0.25) is 0 Å². The number of hydrazine groups is 1. The second kappa shape index (κ2) is 3.92. The number of hydrogen-bond donors (Lipinski definition) is 2. The molecule has 0 unspecified atom stereocenters. The molecule has 0 aliphatic heterocycles. The fourth-order valence-corrected chi connectivity index (χ4v) is 1.81. The number of halogens is 1. The Hall–Kier alpha value is -1.53. The number of hydrogen-bond acceptors (Lipinski definition) is 5. The summed E-state index contributed by atoms with van der Waals surface area (Å²) in [6.45, 7) is 1.58. The van der Waals surface area contributed by atoms with E-state index in [2.05, 4.69) is 15.4 Å². The molecule has 0 saturated carbocycles. The van der Waals surface area contributed by atoms with Crippen molar-refractivity contribution in [2.45, 2.75) is 6.92 Å². The van der Waals surface area contributed by atoms with Gasteiger partial charge in [0.05, 0.1) is 5.69 Å². The van der Waals surface area contributed by atoms with E-state index < -0.39 is 5.82 Å². The van der Waals surface area contributed by atoms with Crippen molar-refractivity contribution < 1.29 is 4.39 Å². The minimum atomic E-state index is -0.517. The minimum absolute atomic E-state index is 0.0173. The van der Waals surface area contributed by atoms with Crippen molar-refractivity contribution in [3.63, 3.8) is 0 Å². The number of nitrogen functional groups attached to an aromatic ring is 1. The highest BCUT2D eigenvalue weighted by atomic mass is 32.1. The van der Waals surface area contributed by atoms with Gasteiger partial charge in [0.15, 0.2) is 17.5 Å².